The Hall–Kier alpha value is -1.71. The van der Waals surface area contributed by atoms with E-state index >= 15 is 0 Å². The molecule has 0 spiro atoms. The molecule has 17 heavy (non-hydrogen) atoms. The summed E-state index contributed by atoms with van der Waals surface area (Å²) in [6, 6.07) is 10.2. The molecule has 0 radical (unpaired) electrons. The molecule has 1 unspecified atom stereocenters. The summed E-state index contributed by atoms with van der Waals surface area (Å²) in [6.07, 6.45) is 2.61. The Morgan fingerprint density at radius 1 is 1.47 bits per heavy atom. The first-order valence-corrected chi connectivity index (χ1v) is 5.69. The maximum atomic E-state index is 5.55. The van der Waals surface area contributed by atoms with Crippen molar-refractivity contribution in [3.8, 4) is 0 Å². The molecule has 1 atom stereocenters. The number of aromatic nitrogens is 1. The molecule has 88 valence electrons. The number of hydrogen-bond donors (Lipinski definition) is 2. The Bertz CT molecular complexity index is 534. The highest BCUT2D eigenvalue weighted by molar-refractivity contribution is 5.82. The molecule has 1 aromatic heterocycles. The molecule has 0 saturated carbocycles. The Kier molecular flexibility index (Phi) is 3.52. The third-order valence-corrected chi connectivity index (χ3v) is 2.90. The van der Waals surface area contributed by atoms with E-state index in [4.69, 9.17) is 5.84 Å². The van der Waals surface area contributed by atoms with Crippen molar-refractivity contribution in [1.82, 2.24) is 10.4 Å². The van der Waals surface area contributed by atoms with Gasteiger partial charge in [0.25, 0.3) is 0 Å². The minimum Gasteiger partial charge on any atom is -0.271 e. The van der Waals surface area contributed by atoms with Gasteiger partial charge in [-0.2, -0.15) is 0 Å². The van der Waals surface area contributed by atoms with Gasteiger partial charge in [0, 0.05) is 5.39 Å². The summed E-state index contributed by atoms with van der Waals surface area (Å²) in [7, 11) is 0. The lowest BCUT2D eigenvalue weighted by molar-refractivity contribution is 0.549. The molecular weight excluding hydrogens is 210 g/mol. The second-order valence-electron chi connectivity index (χ2n) is 4.12. The lowest BCUT2D eigenvalue weighted by Crippen LogP contribution is -2.28. The number of aryl methyl sites for hydroxylation is 1. The predicted octanol–water partition coefficient (Wildman–Crippen LogP) is 2.62. The fourth-order valence-electron chi connectivity index (χ4n) is 1.99. The smallest absolute Gasteiger partial charge is 0.0708 e. The maximum Gasteiger partial charge on any atom is 0.0708 e. The summed E-state index contributed by atoms with van der Waals surface area (Å²) in [4.78, 5) is 4.64. The highest BCUT2D eigenvalue weighted by Gasteiger charge is 2.11. The van der Waals surface area contributed by atoms with Gasteiger partial charge in [0.15, 0.2) is 0 Å². The molecular formula is C14H17N3. The molecule has 0 aliphatic heterocycles. The van der Waals surface area contributed by atoms with Crippen LogP contribution in [0.4, 0.5) is 0 Å². The Balaban J connectivity index is 2.52. The average Bonchev–Trinajstić information content (AvgIpc) is 2.36. The van der Waals surface area contributed by atoms with Crippen LogP contribution in [-0.4, -0.2) is 4.98 Å². The van der Waals surface area contributed by atoms with Gasteiger partial charge >= 0.3 is 0 Å². The minimum atomic E-state index is 0.0239. The fraction of sp³-hybridized carbons (Fsp3) is 0.214. The average molecular weight is 227 g/mol. The largest absolute Gasteiger partial charge is 0.271 e. The van der Waals surface area contributed by atoms with Gasteiger partial charge in [-0.1, -0.05) is 24.3 Å². The molecule has 2 rings (SSSR count). The first-order chi connectivity index (χ1) is 8.26. The van der Waals surface area contributed by atoms with Crippen LogP contribution in [0.25, 0.3) is 10.9 Å². The van der Waals surface area contributed by atoms with Crippen LogP contribution in [0.1, 0.15) is 23.7 Å². The van der Waals surface area contributed by atoms with Gasteiger partial charge in [0.05, 0.1) is 17.3 Å². The summed E-state index contributed by atoms with van der Waals surface area (Å²) in [6.45, 7) is 5.83. The van der Waals surface area contributed by atoms with Gasteiger partial charge in [0.2, 0.25) is 0 Å². The Morgan fingerprint density at radius 2 is 2.24 bits per heavy atom. The van der Waals surface area contributed by atoms with E-state index < -0.39 is 0 Å². The van der Waals surface area contributed by atoms with Gasteiger partial charge in [0.1, 0.15) is 0 Å². The van der Waals surface area contributed by atoms with Crippen LogP contribution in [-0.2, 0) is 0 Å². The number of hydrazine groups is 1. The van der Waals surface area contributed by atoms with E-state index in [1.54, 1.807) is 0 Å². The summed E-state index contributed by atoms with van der Waals surface area (Å²) in [5.41, 5.74) is 5.96. The normalized spacial score (nSPS) is 12.6. The fourth-order valence-corrected chi connectivity index (χ4v) is 1.99. The molecule has 0 aliphatic carbocycles. The molecule has 3 N–H and O–H groups in total. The third kappa shape index (κ3) is 2.35. The quantitative estimate of drug-likeness (QED) is 0.479. The van der Waals surface area contributed by atoms with E-state index in [0.29, 0.717) is 0 Å². The summed E-state index contributed by atoms with van der Waals surface area (Å²) in [5.74, 6) is 5.55. The van der Waals surface area contributed by atoms with Crippen molar-refractivity contribution in [1.29, 1.82) is 0 Å². The third-order valence-electron chi connectivity index (χ3n) is 2.90. The number of rotatable bonds is 4. The number of para-hydroxylation sites is 1. The minimum absolute atomic E-state index is 0.0239. The molecule has 3 heteroatoms. The van der Waals surface area contributed by atoms with Crippen LogP contribution in [0.3, 0.4) is 0 Å². The van der Waals surface area contributed by atoms with Crippen LogP contribution in [0.15, 0.2) is 43.0 Å². The van der Waals surface area contributed by atoms with Crippen LogP contribution < -0.4 is 11.3 Å². The van der Waals surface area contributed by atoms with E-state index in [2.05, 4.69) is 36.0 Å². The zero-order valence-corrected chi connectivity index (χ0v) is 9.98. The molecule has 0 bridgehead atoms. The predicted molar refractivity (Wildman–Crippen MR) is 71.4 cm³/mol. The highest BCUT2D eigenvalue weighted by Crippen LogP contribution is 2.22. The molecule has 0 aliphatic rings. The lowest BCUT2D eigenvalue weighted by Gasteiger charge is -2.15. The van der Waals surface area contributed by atoms with Gasteiger partial charge < -0.3 is 0 Å². The number of nitrogens with one attached hydrogen (secondary N) is 1. The monoisotopic (exact) mass is 227 g/mol. The zero-order valence-electron chi connectivity index (χ0n) is 9.98. The van der Waals surface area contributed by atoms with Crippen LogP contribution in [0.2, 0.25) is 0 Å². The van der Waals surface area contributed by atoms with Crippen molar-refractivity contribution >= 4 is 10.9 Å². The van der Waals surface area contributed by atoms with Crippen molar-refractivity contribution in [3.63, 3.8) is 0 Å². The van der Waals surface area contributed by atoms with Crippen LogP contribution in [0, 0.1) is 6.92 Å². The second kappa shape index (κ2) is 5.08. The molecule has 0 saturated heterocycles. The highest BCUT2D eigenvalue weighted by atomic mass is 15.2. The maximum absolute atomic E-state index is 5.55. The van der Waals surface area contributed by atoms with Crippen molar-refractivity contribution in [2.24, 2.45) is 5.84 Å². The first kappa shape index (κ1) is 11.8. The number of fused-ring (bicyclic) bond motifs is 1. The number of benzene rings is 1. The molecule has 0 amide bonds. The zero-order chi connectivity index (χ0) is 12.3. The first-order valence-electron chi connectivity index (χ1n) is 5.69. The topological polar surface area (TPSA) is 50.9 Å². The molecule has 3 nitrogen and oxygen atoms in total. The summed E-state index contributed by atoms with van der Waals surface area (Å²) < 4.78 is 0. The lowest BCUT2D eigenvalue weighted by atomic mass is 10.0. The van der Waals surface area contributed by atoms with E-state index in [1.807, 2.05) is 24.3 Å². The second-order valence-corrected chi connectivity index (χ2v) is 4.12. The molecule has 0 fully saturated rings. The van der Waals surface area contributed by atoms with Gasteiger partial charge in [-0.05, 0) is 31.0 Å². The number of nitrogens with zero attached hydrogens (tertiary/aromatic N) is 1. The summed E-state index contributed by atoms with van der Waals surface area (Å²) in [5, 5.41) is 1.19. The molecule has 2 aromatic rings. The Labute approximate surface area is 101 Å². The van der Waals surface area contributed by atoms with E-state index in [-0.39, 0.29) is 6.04 Å². The molecule has 1 heterocycles. The number of hydrogen-bond acceptors (Lipinski definition) is 3. The number of pyridine rings is 1. The summed E-state index contributed by atoms with van der Waals surface area (Å²) >= 11 is 0. The van der Waals surface area contributed by atoms with Gasteiger partial charge in [-0.25, -0.2) is 0 Å². The van der Waals surface area contributed by atoms with Gasteiger partial charge in [-0.15, -0.1) is 6.58 Å². The molecule has 1 aromatic carbocycles. The van der Waals surface area contributed by atoms with Gasteiger partial charge in [-0.3, -0.25) is 16.3 Å². The van der Waals surface area contributed by atoms with E-state index in [9.17, 15) is 0 Å². The standard InChI is InChI=1S/C14H17N3/c1-3-6-13(17-15)14-9-10(2)11-7-4-5-8-12(11)16-14/h3-5,7-9,13,17H,1,6,15H2,2H3. The van der Waals surface area contributed by atoms with Crippen molar-refractivity contribution in [2.75, 3.05) is 0 Å². The van der Waals surface area contributed by atoms with E-state index in [1.165, 1.54) is 10.9 Å². The van der Waals surface area contributed by atoms with Crippen molar-refractivity contribution in [2.45, 2.75) is 19.4 Å². The van der Waals surface area contributed by atoms with Crippen LogP contribution >= 0.6 is 0 Å². The van der Waals surface area contributed by atoms with Crippen molar-refractivity contribution in [3.05, 3.63) is 54.2 Å². The Morgan fingerprint density at radius 3 is 2.94 bits per heavy atom. The van der Waals surface area contributed by atoms with Crippen molar-refractivity contribution < 1.29 is 0 Å². The SMILES string of the molecule is C=CCC(NN)c1cc(C)c2ccccc2n1. The van der Waals surface area contributed by atoms with E-state index in [0.717, 1.165) is 17.6 Å². The van der Waals surface area contributed by atoms with Crippen LogP contribution in [0.5, 0.6) is 0 Å². The number of nitrogens with two attached hydrogens (primary N) is 1.